The maximum atomic E-state index is 13.0. The number of benzene rings is 1. The van der Waals surface area contributed by atoms with Gasteiger partial charge in [0.05, 0.1) is 5.69 Å². The van der Waals surface area contributed by atoms with Crippen LogP contribution >= 0.6 is 15.9 Å². The molecule has 0 spiro atoms. The van der Waals surface area contributed by atoms with Crippen molar-refractivity contribution >= 4 is 33.6 Å². The predicted octanol–water partition coefficient (Wildman–Crippen LogP) is 3.45. The Bertz CT molecular complexity index is 581. The van der Waals surface area contributed by atoms with Crippen LogP contribution < -0.4 is 5.32 Å². The first-order valence-electron chi connectivity index (χ1n) is 6.61. The molecule has 1 aliphatic rings. The molecule has 2 rings (SSSR count). The van der Waals surface area contributed by atoms with Crippen LogP contribution in [0.5, 0.6) is 0 Å². The van der Waals surface area contributed by atoms with E-state index >= 15 is 0 Å². The van der Waals surface area contributed by atoms with Gasteiger partial charge < -0.3 is 15.3 Å². The van der Waals surface area contributed by atoms with Crippen molar-refractivity contribution in [2.24, 2.45) is 0 Å². The molecule has 2 N–H and O–H groups in total. The number of hydrogen-bond donors (Lipinski definition) is 2. The van der Waals surface area contributed by atoms with Gasteiger partial charge in [0, 0.05) is 11.0 Å². The highest BCUT2D eigenvalue weighted by Gasteiger charge is 2.44. The quantitative estimate of drug-likeness (QED) is 0.850. The van der Waals surface area contributed by atoms with E-state index in [0.29, 0.717) is 23.1 Å². The number of urea groups is 1. The molecule has 5 nitrogen and oxygen atoms in total. The minimum Gasteiger partial charge on any atom is -0.480 e. The van der Waals surface area contributed by atoms with Gasteiger partial charge in [-0.05, 0) is 60.3 Å². The third kappa shape index (κ3) is 3.18. The van der Waals surface area contributed by atoms with Gasteiger partial charge in [0.25, 0.3) is 0 Å². The molecule has 1 heterocycles. The van der Waals surface area contributed by atoms with Gasteiger partial charge in [-0.25, -0.2) is 14.0 Å². The van der Waals surface area contributed by atoms with Gasteiger partial charge in [0.15, 0.2) is 0 Å². The Morgan fingerprint density at radius 2 is 2.14 bits per heavy atom. The number of rotatable bonds is 2. The molecule has 1 aromatic rings. The second-order valence-corrected chi connectivity index (χ2v) is 6.10. The van der Waals surface area contributed by atoms with Crippen LogP contribution in [0.15, 0.2) is 22.7 Å². The van der Waals surface area contributed by atoms with Gasteiger partial charge >= 0.3 is 12.0 Å². The Kier molecular flexibility index (Phi) is 4.51. The maximum Gasteiger partial charge on any atom is 0.329 e. The second kappa shape index (κ2) is 6.01. The van der Waals surface area contributed by atoms with Crippen LogP contribution in [0, 0.1) is 5.82 Å². The lowest BCUT2D eigenvalue weighted by Gasteiger charge is -2.41. The van der Waals surface area contributed by atoms with Gasteiger partial charge in [-0.2, -0.15) is 0 Å². The average Bonchev–Trinajstić information content (AvgIpc) is 2.42. The van der Waals surface area contributed by atoms with Crippen molar-refractivity contribution in [3.05, 3.63) is 28.5 Å². The number of aliphatic carboxylic acids is 1. The minimum absolute atomic E-state index is 0.382. The molecule has 1 atom stereocenters. The molecule has 0 saturated carbocycles. The van der Waals surface area contributed by atoms with E-state index in [2.05, 4.69) is 21.2 Å². The first-order valence-corrected chi connectivity index (χ1v) is 7.41. The molecule has 0 bridgehead atoms. The number of halogens is 2. The van der Waals surface area contributed by atoms with Gasteiger partial charge in [-0.3, -0.25) is 0 Å². The molecule has 1 unspecified atom stereocenters. The fourth-order valence-corrected chi connectivity index (χ4v) is 2.89. The van der Waals surface area contributed by atoms with Crippen LogP contribution in [0.2, 0.25) is 0 Å². The molecule has 1 aliphatic heterocycles. The first-order chi connectivity index (χ1) is 9.84. The predicted molar refractivity (Wildman–Crippen MR) is 79.7 cm³/mol. The van der Waals surface area contributed by atoms with Gasteiger partial charge in [0.1, 0.15) is 11.4 Å². The maximum absolute atomic E-state index is 13.0. The van der Waals surface area contributed by atoms with Crippen LogP contribution in [0.25, 0.3) is 0 Å². The summed E-state index contributed by atoms with van der Waals surface area (Å²) in [4.78, 5) is 25.2. The molecule has 114 valence electrons. The molecule has 0 radical (unpaired) electrons. The molecule has 0 aromatic heterocycles. The smallest absolute Gasteiger partial charge is 0.329 e. The third-order valence-corrected chi connectivity index (χ3v) is 4.43. The van der Waals surface area contributed by atoms with Crippen LogP contribution in [-0.4, -0.2) is 34.1 Å². The second-order valence-electron chi connectivity index (χ2n) is 5.24. The number of anilines is 1. The molecular weight excluding hydrogens is 343 g/mol. The average molecular weight is 359 g/mol. The van der Waals surface area contributed by atoms with Crippen molar-refractivity contribution in [2.75, 3.05) is 11.9 Å². The van der Waals surface area contributed by atoms with Crippen LogP contribution in [0.3, 0.4) is 0 Å². The Morgan fingerprint density at radius 3 is 2.76 bits per heavy atom. The molecule has 1 saturated heterocycles. The molecular formula is C14H16BrFN2O3. The number of piperidine rings is 1. The van der Waals surface area contributed by atoms with Gasteiger partial charge in [-0.15, -0.1) is 0 Å². The van der Waals surface area contributed by atoms with Gasteiger partial charge in [0.2, 0.25) is 0 Å². The monoisotopic (exact) mass is 358 g/mol. The molecule has 0 aliphatic carbocycles. The van der Waals surface area contributed by atoms with Crippen molar-refractivity contribution in [1.29, 1.82) is 0 Å². The minimum atomic E-state index is -1.21. The van der Waals surface area contributed by atoms with Crippen LogP contribution in [-0.2, 0) is 4.79 Å². The highest BCUT2D eigenvalue weighted by molar-refractivity contribution is 9.10. The Balaban J connectivity index is 2.20. The van der Waals surface area contributed by atoms with Crippen LogP contribution in [0.1, 0.15) is 26.2 Å². The van der Waals surface area contributed by atoms with Crippen molar-refractivity contribution in [2.45, 2.75) is 31.7 Å². The van der Waals surface area contributed by atoms with E-state index < -0.39 is 23.4 Å². The number of carboxylic acids is 1. The molecule has 1 aromatic carbocycles. The Morgan fingerprint density at radius 1 is 1.43 bits per heavy atom. The number of nitrogens with zero attached hydrogens (tertiary/aromatic N) is 1. The highest BCUT2D eigenvalue weighted by Crippen LogP contribution is 2.30. The molecule has 2 amide bonds. The van der Waals surface area contributed by atoms with E-state index in [-0.39, 0.29) is 0 Å². The van der Waals surface area contributed by atoms with Crippen molar-refractivity contribution in [3.63, 3.8) is 0 Å². The van der Waals surface area contributed by atoms with E-state index in [9.17, 15) is 19.1 Å². The number of carboxylic acid groups (broad SMARTS) is 1. The first kappa shape index (κ1) is 15.8. The zero-order chi connectivity index (χ0) is 15.6. The number of carbonyl (C=O) groups excluding carboxylic acids is 1. The van der Waals surface area contributed by atoms with Crippen molar-refractivity contribution in [1.82, 2.24) is 4.90 Å². The number of nitrogens with one attached hydrogen (secondary N) is 1. The lowest BCUT2D eigenvalue weighted by Crippen LogP contribution is -2.58. The Hall–Kier alpha value is -1.63. The topological polar surface area (TPSA) is 69.6 Å². The zero-order valence-corrected chi connectivity index (χ0v) is 13.1. The van der Waals surface area contributed by atoms with E-state index in [1.807, 2.05) is 0 Å². The van der Waals surface area contributed by atoms with Crippen molar-refractivity contribution < 1.29 is 19.1 Å². The summed E-state index contributed by atoms with van der Waals surface area (Å²) < 4.78 is 13.4. The van der Waals surface area contributed by atoms with Crippen LogP contribution in [0.4, 0.5) is 14.9 Å². The SMILES string of the molecule is CC1(C(=O)O)CCCCN1C(=O)Nc1ccc(F)cc1Br. The summed E-state index contributed by atoms with van der Waals surface area (Å²) in [6.07, 6.45) is 1.95. The van der Waals surface area contributed by atoms with E-state index in [0.717, 1.165) is 12.8 Å². The molecule has 21 heavy (non-hydrogen) atoms. The summed E-state index contributed by atoms with van der Waals surface area (Å²) in [6, 6.07) is 3.40. The van der Waals surface area contributed by atoms with E-state index in [4.69, 9.17) is 0 Å². The summed E-state index contributed by atoms with van der Waals surface area (Å²) in [5.41, 5.74) is -0.811. The standard InChI is InChI=1S/C14H16BrFN2O3/c1-14(12(19)20)6-2-3-7-18(14)13(21)17-11-5-4-9(16)8-10(11)15/h4-5,8H,2-3,6-7H2,1H3,(H,17,21)(H,19,20). The lowest BCUT2D eigenvalue weighted by atomic mass is 9.89. The zero-order valence-electron chi connectivity index (χ0n) is 11.5. The summed E-state index contributed by atoms with van der Waals surface area (Å²) in [7, 11) is 0. The fraction of sp³-hybridized carbons (Fsp3) is 0.429. The Labute approximate surface area is 130 Å². The summed E-state index contributed by atoms with van der Waals surface area (Å²) >= 11 is 3.17. The third-order valence-electron chi connectivity index (χ3n) is 3.77. The van der Waals surface area contributed by atoms with E-state index in [1.165, 1.54) is 23.1 Å². The number of likely N-dealkylation sites (tertiary alicyclic amines) is 1. The molecule has 1 fully saturated rings. The van der Waals surface area contributed by atoms with Crippen molar-refractivity contribution in [3.8, 4) is 0 Å². The summed E-state index contributed by atoms with van der Waals surface area (Å²) in [5.74, 6) is -1.44. The fourth-order valence-electron chi connectivity index (χ4n) is 2.44. The normalized spacial score (nSPS) is 22.0. The summed E-state index contributed by atoms with van der Waals surface area (Å²) in [5, 5.41) is 12.0. The largest absolute Gasteiger partial charge is 0.480 e. The molecule has 7 heteroatoms. The van der Waals surface area contributed by atoms with E-state index in [1.54, 1.807) is 6.92 Å². The number of amides is 2. The summed E-state index contributed by atoms with van der Waals surface area (Å²) in [6.45, 7) is 1.93. The highest BCUT2D eigenvalue weighted by atomic mass is 79.9. The number of carbonyl (C=O) groups is 2. The van der Waals surface area contributed by atoms with Gasteiger partial charge in [-0.1, -0.05) is 0 Å². The lowest BCUT2D eigenvalue weighted by molar-refractivity contribution is -0.150. The number of hydrogen-bond acceptors (Lipinski definition) is 2.